The summed E-state index contributed by atoms with van der Waals surface area (Å²) in [5.74, 6) is 0.457. The van der Waals surface area contributed by atoms with Crippen LogP contribution in [0.3, 0.4) is 0 Å². The summed E-state index contributed by atoms with van der Waals surface area (Å²) in [7, 11) is 0. The fourth-order valence-corrected chi connectivity index (χ4v) is 5.52. The number of benzene rings is 3. The number of hydrogen-bond acceptors (Lipinski definition) is 6. The predicted molar refractivity (Wildman–Crippen MR) is 163 cm³/mol. The third kappa shape index (κ3) is 7.64. The van der Waals surface area contributed by atoms with Gasteiger partial charge in [-0.25, -0.2) is 14.5 Å². The van der Waals surface area contributed by atoms with Crippen LogP contribution in [0.2, 0.25) is 0 Å². The number of nitrogens with zero attached hydrogens (tertiary/aromatic N) is 5. The first kappa shape index (κ1) is 30.8. The molecule has 5 rings (SSSR count). The summed E-state index contributed by atoms with van der Waals surface area (Å²) in [6, 6.07) is 20.1. The number of aromatic nitrogens is 3. The van der Waals surface area contributed by atoms with Crippen molar-refractivity contribution in [1.29, 1.82) is 0 Å². The first-order chi connectivity index (χ1) is 21.1. The van der Waals surface area contributed by atoms with Gasteiger partial charge in [-0.15, -0.1) is 18.3 Å². The maximum atomic E-state index is 12.7. The van der Waals surface area contributed by atoms with Gasteiger partial charge in [0.05, 0.1) is 17.1 Å². The van der Waals surface area contributed by atoms with E-state index >= 15 is 0 Å². The molecule has 1 aromatic heterocycles. The first-order valence-corrected chi connectivity index (χ1v) is 14.8. The highest BCUT2D eigenvalue weighted by molar-refractivity contribution is 8.15. The van der Waals surface area contributed by atoms with Gasteiger partial charge in [-0.05, 0) is 66.3 Å². The van der Waals surface area contributed by atoms with E-state index in [2.05, 4.69) is 39.0 Å². The van der Waals surface area contributed by atoms with Gasteiger partial charge < -0.3 is 10.1 Å². The number of halogens is 3. The fraction of sp³-hybridized carbons (Fsp3) is 0.258. The number of aliphatic imine (C=N–C) groups is 1. The molecule has 44 heavy (non-hydrogen) atoms. The molecule has 2 heterocycles. The number of para-hydroxylation sites is 1. The maximum absolute atomic E-state index is 12.7. The molecule has 1 aliphatic rings. The number of alkyl halides is 3. The standard InChI is InChI=1S/C31H29F3N6O3S/c1-20(2)25-10-3-4-11-26(25)40-27(41)18-44-30(40)37-29(42)35-16-6-8-21-7-5-9-22(17-21)28-36-19-39(38-28)23-12-14-24(15-13-23)43-31(32,33)34/h3-5,7,9-15,17,19-20H,6,8,16,18H2,1-2H3,(H,35,42)/b37-30-. The number of aryl methyl sites for hydroxylation is 1. The Morgan fingerprint density at radius 3 is 2.61 bits per heavy atom. The van der Waals surface area contributed by atoms with E-state index in [9.17, 15) is 22.8 Å². The Bertz CT molecular complexity index is 1670. The molecule has 1 N–H and O–H groups in total. The predicted octanol–water partition coefficient (Wildman–Crippen LogP) is 6.73. The van der Waals surface area contributed by atoms with Gasteiger partial charge >= 0.3 is 12.4 Å². The number of rotatable bonds is 9. The van der Waals surface area contributed by atoms with E-state index in [-0.39, 0.29) is 23.3 Å². The summed E-state index contributed by atoms with van der Waals surface area (Å²) >= 11 is 1.25. The van der Waals surface area contributed by atoms with E-state index < -0.39 is 12.4 Å². The Morgan fingerprint density at radius 1 is 1.09 bits per heavy atom. The second-order valence-corrected chi connectivity index (χ2v) is 11.2. The molecule has 0 spiro atoms. The number of hydrogen-bond donors (Lipinski definition) is 1. The molecule has 0 saturated carbocycles. The van der Waals surface area contributed by atoms with Crippen molar-refractivity contribution in [3.05, 3.63) is 90.3 Å². The molecule has 1 fully saturated rings. The van der Waals surface area contributed by atoms with Crippen molar-refractivity contribution in [3.63, 3.8) is 0 Å². The molecular weight excluding hydrogens is 593 g/mol. The third-order valence-electron chi connectivity index (χ3n) is 6.69. The highest BCUT2D eigenvalue weighted by atomic mass is 32.2. The smallest absolute Gasteiger partial charge is 0.406 e. The molecule has 9 nitrogen and oxygen atoms in total. The Hall–Kier alpha value is -4.65. The molecule has 0 bridgehead atoms. The van der Waals surface area contributed by atoms with Crippen LogP contribution in [-0.2, 0) is 11.2 Å². The summed E-state index contributed by atoms with van der Waals surface area (Å²) in [5, 5.41) is 7.63. The van der Waals surface area contributed by atoms with Crippen LogP contribution in [0.15, 0.2) is 84.1 Å². The zero-order valence-electron chi connectivity index (χ0n) is 23.9. The van der Waals surface area contributed by atoms with Crippen LogP contribution < -0.4 is 15.0 Å². The summed E-state index contributed by atoms with van der Waals surface area (Å²) in [4.78, 5) is 35.3. The van der Waals surface area contributed by atoms with E-state index in [1.165, 1.54) is 51.9 Å². The summed E-state index contributed by atoms with van der Waals surface area (Å²) in [6.07, 6.45) is -1.95. The lowest BCUT2D eigenvalue weighted by Crippen LogP contribution is -2.32. The Balaban J connectivity index is 1.16. The number of nitrogens with one attached hydrogen (secondary N) is 1. The number of thioether (sulfide) groups is 1. The number of ether oxygens (including phenoxy) is 1. The summed E-state index contributed by atoms with van der Waals surface area (Å²) in [5.41, 5.74) is 4.08. The molecule has 0 radical (unpaired) electrons. The number of carbonyl (C=O) groups is 2. The van der Waals surface area contributed by atoms with Crippen molar-refractivity contribution >= 4 is 34.6 Å². The van der Waals surface area contributed by atoms with Gasteiger partial charge in [-0.1, -0.05) is 62.0 Å². The number of amidine groups is 1. The average Bonchev–Trinajstić information content (AvgIpc) is 3.62. The molecule has 1 aliphatic heterocycles. The minimum atomic E-state index is -4.76. The zero-order chi connectivity index (χ0) is 31.3. The molecule has 13 heteroatoms. The monoisotopic (exact) mass is 622 g/mol. The van der Waals surface area contributed by atoms with Crippen LogP contribution in [0.5, 0.6) is 5.75 Å². The Kier molecular flexibility index (Phi) is 9.33. The molecule has 0 atom stereocenters. The number of amides is 3. The largest absolute Gasteiger partial charge is 0.573 e. The van der Waals surface area contributed by atoms with Crippen molar-refractivity contribution in [1.82, 2.24) is 20.1 Å². The molecule has 3 aromatic carbocycles. The van der Waals surface area contributed by atoms with Crippen LogP contribution in [0.1, 0.15) is 37.3 Å². The minimum absolute atomic E-state index is 0.109. The van der Waals surface area contributed by atoms with Gasteiger partial charge in [0.25, 0.3) is 0 Å². The van der Waals surface area contributed by atoms with E-state index in [4.69, 9.17) is 0 Å². The molecule has 228 valence electrons. The molecule has 0 unspecified atom stereocenters. The number of urea groups is 1. The maximum Gasteiger partial charge on any atom is 0.573 e. The van der Waals surface area contributed by atoms with Crippen molar-refractivity contribution in [2.45, 2.75) is 39.0 Å². The van der Waals surface area contributed by atoms with Gasteiger partial charge in [0.1, 0.15) is 12.1 Å². The third-order valence-corrected chi connectivity index (χ3v) is 7.62. The number of carbonyl (C=O) groups excluding carboxylic acids is 2. The molecule has 3 amide bonds. The average molecular weight is 623 g/mol. The van der Waals surface area contributed by atoms with Crippen LogP contribution in [0.4, 0.5) is 23.7 Å². The highest BCUT2D eigenvalue weighted by Crippen LogP contribution is 2.33. The SMILES string of the molecule is CC(C)c1ccccc1N1C(=O)CS/C1=N\C(=O)NCCCc1cccc(-c2ncn(-c3ccc(OC(F)(F)F)cc3)n2)c1. The van der Waals surface area contributed by atoms with Crippen molar-refractivity contribution < 1.29 is 27.5 Å². The summed E-state index contributed by atoms with van der Waals surface area (Å²) in [6.45, 7) is 4.50. The minimum Gasteiger partial charge on any atom is -0.406 e. The Labute approximate surface area is 256 Å². The van der Waals surface area contributed by atoms with Crippen LogP contribution in [0, 0.1) is 0 Å². The van der Waals surface area contributed by atoms with Crippen LogP contribution >= 0.6 is 11.8 Å². The molecular formula is C31H29F3N6O3S. The van der Waals surface area contributed by atoms with Gasteiger partial charge in [0, 0.05) is 12.1 Å². The van der Waals surface area contributed by atoms with Crippen molar-refractivity contribution in [3.8, 4) is 22.8 Å². The zero-order valence-corrected chi connectivity index (χ0v) is 24.7. The molecule has 4 aromatic rings. The lowest BCUT2D eigenvalue weighted by molar-refractivity contribution is -0.274. The van der Waals surface area contributed by atoms with Crippen LogP contribution in [-0.4, -0.2) is 50.5 Å². The quantitative estimate of drug-likeness (QED) is 0.208. The van der Waals surface area contributed by atoms with E-state index in [1.54, 1.807) is 0 Å². The fourth-order valence-electron chi connectivity index (χ4n) is 4.66. The van der Waals surface area contributed by atoms with E-state index in [0.29, 0.717) is 36.1 Å². The number of anilines is 1. The van der Waals surface area contributed by atoms with Crippen molar-refractivity contribution in [2.24, 2.45) is 4.99 Å². The van der Waals surface area contributed by atoms with Gasteiger partial charge in [0.15, 0.2) is 11.0 Å². The molecule has 0 aliphatic carbocycles. The second kappa shape index (κ2) is 13.3. The normalized spacial score (nSPS) is 14.5. The summed E-state index contributed by atoms with van der Waals surface area (Å²) < 4.78 is 42.6. The lowest BCUT2D eigenvalue weighted by Gasteiger charge is -2.21. The van der Waals surface area contributed by atoms with Gasteiger partial charge in [-0.2, -0.15) is 4.99 Å². The van der Waals surface area contributed by atoms with Gasteiger partial charge in [-0.3, -0.25) is 9.69 Å². The van der Waals surface area contributed by atoms with E-state index in [0.717, 1.165) is 22.4 Å². The topological polar surface area (TPSA) is 102 Å². The second-order valence-electron chi connectivity index (χ2n) is 10.2. The van der Waals surface area contributed by atoms with Gasteiger partial charge in [0.2, 0.25) is 5.91 Å². The highest BCUT2D eigenvalue weighted by Gasteiger charge is 2.32. The van der Waals surface area contributed by atoms with E-state index in [1.807, 2.05) is 48.5 Å². The molecule has 1 saturated heterocycles. The van der Waals surface area contributed by atoms with Crippen LogP contribution in [0.25, 0.3) is 17.1 Å². The Morgan fingerprint density at radius 2 is 1.86 bits per heavy atom. The van der Waals surface area contributed by atoms with Crippen molar-refractivity contribution in [2.75, 3.05) is 17.2 Å². The first-order valence-electron chi connectivity index (χ1n) is 13.9. The lowest BCUT2D eigenvalue weighted by atomic mass is 10.0.